The quantitative estimate of drug-likeness (QED) is 0.112. The second-order valence-corrected chi connectivity index (χ2v) is 12.5. The maximum absolute atomic E-state index is 14.1. The number of anilines is 2. The van der Waals surface area contributed by atoms with Crippen molar-refractivity contribution in [2.45, 2.75) is 10.3 Å². The van der Waals surface area contributed by atoms with Crippen molar-refractivity contribution in [2.75, 3.05) is 32.4 Å². The van der Waals surface area contributed by atoms with E-state index in [4.69, 9.17) is 19.9 Å². The number of fused-ring (bicyclic) bond motifs is 1. The van der Waals surface area contributed by atoms with E-state index in [0.29, 0.717) is 56.2 Å². The number of benzene rings is 4. The van der Waals surface area contributed by atoms with Gasteiger partial charge in [0.1, 0.15) is 33.8 Å². The Morgan fingerprint density at radius 3 is 2.06 bits per heavy atom. The van der Waals surface area contributed by atoms with Gasteiger partial charge in [-0.25, -0.2) is 14.8 Å². The molecule has 4 N–H and O–H groups in total. The molecule has 0 saturated carbocycles. The van der Waals surface area contributed by atoms with E-state index in [1.807, 2.05) is 6.07 Å². The summed E-state index contributed by atoms with van der Waals surface area (Å²) in [6.07, 6.45) is 0. The van der Waals surface area contributed by atoms with Gasteiger partial charge in [0.2, 0.25) is 11.7 Å². The number of nitrogens with two attached hydrogens (primary N) is 1. The monoisotopic (exact) mass is 722 g/mol. The number of nitrogen functional groups attached to an aromatic ring is 1. The molecular formula is C40H30N6O6S. The summed E-state index contributed by atoms with van der Waals surface area (Å²) in [5.41, 5.74) is 9.80. The predicted octanol–water partition coefficient (Wildman–Crippen LogP) is 7.49. The number of ether oxygens (including phenoxy) is 3. The number of pyridine rings is 2. The number of para-hydroxylation sites is 1. The van der Waals surface area contributed by atoms with Crippen LogP contribution in [0.5, 0.6) is 17.2 Å². The summed E-state index contributed by atoms with van der Waals surface area (Å²) in [5, 5.41) is 33.2. The fraction of sp³-hybridized carbons (Fsp3) is 0.100. The van der Waals surface area contributed by atoms with Gasteiger partial charge in [-0.1, -0.05) is 72.4 Å². The number of carbonyl (C=O) groups excluding carboxylic acids is 1. The van der Waals surface area contributed by atoms with Crippen LogP contribution >= 0.6 is 11.8 Å². The number of rotatable bonds is 11. The zero-order chi connectivity index (χ0) is 37.6. The number of carbonyl (C=O) groups is 2. The van der Waals surface area contributed by atoms with Crippen LogP contribution < -0.4 is 25.3 Å². The summed E-state index contributed by atoms with van der Waals surface area (Å²) in [4.78, 5) is 35.2. The topological polar surface area (TPSA) is 193 Å². The minimum absolute atomic E-state index is 0.0247. The van der Waals surface area contributed by atoms with Crippen LogP contribution in [0.1, 0.15) is 32.3 Å². The molecule has 1 amide bonds. The van der Waals surface area contributed by atoms with Crippen LogP contribution in [0.2, 0.25) is 0 Å². The summed E-state index contributed by atoms with van der Waals surface area (Å²) >= 11 is 1.01. The molecule has 6 rings (SSSR count). The highest BCUT2D eigenvalue weighted by atomic mass is 32.2. The number of hydrogen-bond acceptors (Lipinski definition) is 11. The molecule has 0 radical (unpaired) electrons. The number of nitriles is 2. The highest BCUT2D eigenvalue weighted by molar-refractivity contribution is 8.00. The third-order valence-corrected chi connectivity index (χ3v) is 9.57. The maximum atomic E-state index is 14.1. The number of amides is 1. The zero-order valence-electron chi connectivity index (χ0n) is 28.6. The number of carboxylic acid groups (broad SMARTS) is 1. The van der Waals surface area contributed by atoms with Crippen LogP contribution in [0.4, 0.5) is 11.5 Å². The molecule has 12 nitrogen and oxygen atoms in total. The van der Waals surface area contributed by atoms with Crippen molar-refractivity contribution < 1.29 is 28.9 Å². The van der Waals surface area contributed by atoms with Gasteiger partial charge in [-0.2, -0.15) is 10.5 Å². The molecule has 1 unspecified atom stereocenters. The Balaban J connectivity index is 1.37. The highest BCUT2D eigenvalue weighted by Gasteiger charge is 2.29. The number of hydrogen-bond donors (Lipinski definition) is 3. The largest absolute Gasteiger partial charge is 0.493 e. The smallest absolute Gasteiger partial charge is 0.336 e. The molecule has 6 aromatic rings. The van der Waals surface area contributed by atoms with Crippen LogP contribution in [0.3, 0.4) is 0 Å². The summed E-state index contributed by atoms with van der Waals surface area (Å²) in [5.74, 6) is -0.703. The van der Waals surface area contributed by atoms with Crippen LogP contribution in [0.15, 0.2) is 102 Å². The number of nitrogens with zero attached hydrogens (tertiary/aromatic N) is 4. The average Bonchev–Trinajstić information content (AvgIpc) is 3.19. The number of methoxy groups -OCH3 is 3. The Morgan fingerprint density at radius 1 is 0.811 bits per heavy atom. The molecule has 53 heavy (non-hydrogen) atoms. The average molecular weight is 723 g/mol. The Bertz CT molecular complexity index is 2440. The number of carboxylic acids is 1. The lowest BCUT2D eigenvalue weighted by molar-refractivity contribution is -0.115. The zero-order valence-corrected chi connectivity index (χ0v) is 29.4. The Hall–Kier alpha value is -7.09. The Kier molecular flexibility index (Phi) is 10.4. The second-order valence-electron chi connectivity index (χ2n) is 11.4. The molecule has 0 bridgehead atoms. The molecule has 2 aromatic heterocycles. The third kappa shape index (κ3) is 7.10. The van der Waals surface area contributed by atoms with Crippen molar-refractivity contribution in [3.63, 3.8) is 0 Å². The highest BCUT2D eigenvalue weighted by Crippen LogP contribution is 2.46. The van der Waals surface area contributed by atoms with Crippen molar-refractivity contribution in [1.82, 2.24) is 9.97 Å². The molecule has 0 aliphatic heterocycles. The molecule has 1 atom stereocenters. The molecule has 0 aliphatic rings. The van der Waals surface area contributed by atoms with Crippen molar-refractivity contribution in [3.05, 3.63) is 119 Å². The lowest BCUT2D eigenvalue weighted by Crippen LogP contribution is -2.19. The van der Waals surface area contributed by atoms with E-state index in [1.54, 1.807) is 84.9 Å². The lowest BCUT2D eigenvalue weighted by atomic mass is 9.96. The lowest BCUT2D eigenvalue weighted by Gasteiger charge is -2.20. The van der Waals surface area contributed by atoms with E-state index >= 15 is 0 Å². The number of thioether (sulfide) groups is 1. The minimum atomic E-state index is -1.06. The van der Waals surface area contributed by atoms with Gasteiger partial charge in [0, 0.05) is 22.2 Å². The molecule has 0 aliphatic carbocycles. The Morgan fingerprint density at radius 2 is 1.45 bits per heavy atom. The van der Waals surface area contributed by atoms with Crippen molar-refractivity contribution in [1.29, 1.82) is 10.5 Å². The molecule has 0 spiro atoms. The number of nitrogens with one attached hydrogen (secondary N) is 1. The van der Waals surface area contributed by atoms with Crippen molar-refractivity contribution in [3.8, 4) is 51.8 Å². The summed E-state index contributed by atoms with van der Waals surface area (Å²) in [6, 6.07) is 31.8. The Labute approximate surface area is 308 Å². The standard InChI is InChI=1S/C40H30N6O6S/c1-50-32-17-24(18-33(51-2)35(32)52-3)34-28(20-41)37(43)46-39(29(34)21-42)53-36(23-9-5-4-6-10-23)38(47)44-25-15-13-22(14-16-25)31-19-27(40(48)49)26-11-7-8-12-30(26)45-31/h4-19,36H,1-3H3,(H2,43,46)(H,44,47)(H,48,49). The number of aromatic nitrogens is 2. The SMILES string of the molecule is COc1cc(-c2c(C#N)c(N)nc(SC(C(=O)Nc3ccc(-c4cc(C(=O)O)c5ccccc5n4)cc3)c3ccccc3)c2C#N)cc(OC)c1OC. The third-order valence-electron chi connectivity index (χ3n) is 8.33. The van der Waals surface area contributed by atoms with E-state index in [0.717, 1.165) is 11.8 Å². The molecule has 0 fully saturated rings. The first-order chi connectivity index (χ1) is 25.7. The fourth-order valence-electron chi connectivity index (χ4n) is 5.84. The van der Waals surface area contributed by atoms with Crippen molar-refractivity contribution >= 4 is 46.0 Å². The van der Waals surface area contributed by atoms with Gasteiger partial charge in [-0.3, -0.25) is 4.79 Å². The summed E-state index contributed by atoms with van der Waals surface area (Å²) < 4.78 is 16.5. The minimum Gasteiger partial charge on any atom is -0.493 e. The second kappa shape index (κ2) is 15.4. The van der Waals surface area contributed by atoms with E-state index in [2.05, 4.69) is 27.4 Å². The van der Waals surface area contributed by atoms with Gasteiger partial charge < -0.3 is 30.4 Å². The van der Waals surface area contributed by atoms with E-state index in [-0.39, 0.29) is 33.1 Å². The first-order valence-electron chi connectivity index (χ1n) is 15.9. The van der Waals surface area contributed by atoms with Crippen molar-refractivity contribution in [2.24, 2.45) is 0 Å². The molecule has 13 heteroatoms. The molecular weight excluding hydrogens is 693 g/mol. The molecule has 4 aromatic carbocycles. The number of aromatic carboxylic acids is 1. The normalized spacial score (nSPS) is 11.2. The molecule has 262 valence electrons. The summed E-state index contributed by atoms with van der Waals surface area (Å²) in [6.45, 7) is 0. The van der Waals surface area contributed by atoms with Gasteiger partial charge >= 0.3 is 5.97 Å². The fourth-order valence-corrected chi connectivity index (χ4v) is 6.94. The summed E-state index contributed by atoms with van der Waals surface area (Å²) in [7, 11) is 4.36. The van der Waals surface area contributed by atoms with Gasteiger partial charge in [-0.15, -0.1) is 0 Å². The predicted molar refractivity (Wildman–Crippen MR) is 201 cm³/mol. The van der Waals surface area contributed by atoms with E-state index < -0.39 is 17.1 Å². The van der Waals surface area contributed by atoms with Crippen LogP contribution in [-0.2, 0) is 4.79 Å². The maximum Gasteiger partial charge on any atom is 0.336 e. The van der Waals surface area contributed by atoms with E-state index in [9.17, 15) is 25.2 Å². The van der Waals surface area contributed by atoms with Gasteiger partial charge in [0.25, 0.3) is 0 Å². The molecule has 0 saturated heterocycles. The van der Waals surface area contributed by atoms with Gasteiger partial charge in [-0.05, 0) is 47.5 Å². The van der Waals surface area contributed by atoms with Crippen LogP contribution in [0, 0.1) is 22.7 Å². The first kappa shape index (κ1) is 35.7. The molecule has 2 heterocycles. The van der Waals surface area contributed by atoms with Crippen LogP contribution in [0.25, 0.3) is 33.3 Å². The van der Waals surface area contributed by atoms with Gasteiger partial charge in [0.05, 0.1) is 43.7 Å². The first-order valence-corrected chi connectivity index (χ1v) is 16.8. The van der Waals surface area contributed by atoms with E-state index in [1.165, 1.54) is 27.4 Å². The van der Waals surface area contributed by atoms with Crippen LogP contribution in [-0.4, -0.2) is 48.3 Å². The van der Waals surface area contributed by atoms with Gasteiger partial charge in [0.15, 0.2) is 11.5 Å².